The number of halogens is 1. The van der Waals surface area contributed by atoms with E-state index in [9.17, 15) is 19.2 Å². The van der Waals surface area contributed by atoms with Gasteiger partial charge in [-0.1, -0.05) is 5.16 Å². The number of nitrogens with one attached hydrogen (secondary N) is 2. The van der Waals surface area contributed by atoms with Crippen LogP contribution in [0.15, 0.2) is 27.9 Å². The number of hydrogen-bond donors (Lipinski definition) is 2. The van der Waals surface area contributed by atoms with E-state index in [2.05, 4.69) is 20.8 Å². The fraction of sp³-hybridized carbons (Fsp3) is 0.462. The second-order valence-corrected chi connectivity index (χ2v) is 10.9. The fourth-order valence-electron chi connectivity index (χ4n) is 6.89. The van der Waals surface area contributed by atoms with Gasteiger partial charge in [-0.2, -0.15) is 0 Å². The van der Waals surface area contributed by atoms with Crippen molar-refractivity contribution in [2.75, 3.05) is 30.0 Å². The second kappa shape index (κ2) is 8.73. The highest BCUT2D eigenvalue weighted by Gasteiger charge is 2.63. The van der Waals surface area contributed by atoms with Crippen molar-refractivity contribution in [2.45, 2.75) is 50.7 Å². The number of urea groups is 1. The molecule has 3 fully saturated rings. The molecule has 0 radical (unpaired) electrons. The molecule has 7 rings (SSSR count). The first-order chi connectivity index (χ1) is 19.6. The van der Waals surface area contributed by atoms with Gasteiger partial charge >= 0.3 is 12.1 Å². The highest BCUT2D eigenvalue weighted by Crippen LogP contribution is 2.50. The van der Waals surface area contributed by atoms with E-state index in [1.165, 1.54) is 4.90 Å². The number of nitrogens with zero attached hydrogens (tertiary/aromatic N) is 5. The molecule has 1 aromatic carbocycles. The molecule has 1 aromatic heterocycles. The monoisotopic (exact) mass is 567 g/mol. The van der Waals surface area contributed by atoms with Crippen molar-refractivity contribution in [1.29, 1.82) is 0 Å². The van der Waals surface area contributed by atoms with Gasteiger partial charge in [-0.15, -0.1) is 0 Å². The van der Waals surface area contributed by atoms with Crippen LogP contribution in [0, 0.1) is 11.2 Å². The molecule has 6 heterocycles. The van der Waals surface area contributed by atoms with Crippen LogP contribution in [0.4, 0.5) is 25.5 Å². The summed E-state index contributed by atoms with van der Waals surface area (Å²) in [6.07, 6.45) is 2.73. The Balaban J connectivity index is 1.39. The number of carbonyl (C=O) groups excluding carboxylic acids is 4. The standard InChI is InChI=1S/C26H26FN7O7/c1-11-9-33-17-13(8-26(19(33)12(2)40-11)22(35)29-24(37)30-23(26)36)7-14-18(16(17)27)41-31-20(14)34-15(10-39-25(34)38)21-28-5-4-6-32(21)3/h4-7,11-12,15,19,21H,8-10H2,1-3H3,(H2,29,30,35,36,37)/t11-,12+,15-,19?,21?/m1/s1. The number of cyclic esters (lactones) is 1. The average Bonchev–Trinajstić information content (AvgIpc) is 3.50. The van der Waals surface area contributed by atoms with Crippen LogP contribution in [0.2, 0.25) is 0 Å². The maximum absolute atomic E-state index is 16.5. The highest BCUT2D eigenvalue weighted by molar-refractivity contribution is 6.20. The van der Waals surface area contributed by atoms with Crippen LogP contribution in [0.1, 0.15) is 19.4 Å². The number of carbonyl (C=O) groups is 4. The zero-order chi connectivity index (χ0) is 28.8. The van der Waals surface area contributed by atoms with Gasteiger partial charge in [0.2, 0.25) is 17.4 Å². The molecule has 5 aliphatic rings. The van der Waals surface area contributed by atoms with Gasteiger partial charge in [0.25, 0.3) is 0 Å². The summed E-state index contributed by atoms with van der Waals surface area (Å²) in [5, 5.41) is 8.67. The SMILES string of the molecule is C[C@@H]1CN2c3c(cc4c(N5C(=O)OC[C@@H]5C5N=CC=CN5C)noc4c3F)CC3(C(=O)NC(=O)NC3=O)C2[C@H](C)O1. The van der Waals surface area contributed by atoms with E-state index in [4.69, 9.17) is 14.0 Å². The smallest absolute Gasteiger partial charge is 0.416 e. The first-order valence-corrected chi connectivity index (χ1v) is 13.2. The Kier molecular flexibility index (Phi) is 5.42. The molecule has 0 aliphatic carbocycles. The van der Waals surface area contributed by atoms with Gasteiger partial charge in [-0.05, 0) is 31.6 Å². The number of likely N-dealkylation sites (N-methyl/N-ethyl adjacent to an activating group) is 1. The summed E-state index contributed by atoms with van der Waals surface area (Å²) in [4.78, 5) is 61.1. The molecule has 3 saturated heterocycles. The number of amides is 5. The number of imide groups is 2. The molecule has 2 aromatic rings. The number of aromatic nitrogens is 1. The lowest BCUT2D eigenvalue weighted by Gasteiger charge is -2.55. The Bertz CT molecular complexity index is 1570. The number of hydrogen-bond acceptors (Lipinski definition) is 11. The predicted molar refractivity (Wildman–Crippen MR) is 140 cm³/mol. The van der Waals surface area contributed by atoms with Crippen LogP contribution in [0.3, 0.4) is 0 Å². The molecule has 0 saturated carbocycles. The molecule has 2 N–H and O–H groups in total. The zero-order valence-corrected chi connectivity index (χ0v) is 22.3. The number of ether oxygens (including phenoxy) is 2. The fourth-order valence-corrected chi connectivity index (χ4v) is 6.89. The summed E-state index contributed by atoms with van der Waals surface area (Å²) in [6, 6.07) is -0.860. The van der Waals surface area contributed by atoms with Crippen LogP contribution in [0.5, 0.6) is 0 Å². The Morgan fingerprint density at radius 3 is 2.63 bits per heavy atom. The third-order valence-corrected chi connectivity index (χ3v) is 8.49. The van der Waals surface area contributed by atoms with Gasteiger partial charge in [0.05, 0.1) is 29.3 Å². The van der Waals surface area contributed by atoms with Crippen LogP contribution >= 0.6 is 0 Å². The van der Waals surface area contributed by atoms with E-state index in [1.807, 2.05) is 4.90 Å². The number of morpholine rings is 1. The molecular formula is C26H26FN7O7. The van der Waals surface area contributed by atoms with Crippen molar-refractivity contribution >= 4 is 52.6 Å². The van der Waals surface area contributed by atoms with E-state index >= 15 is 4.39 Å². The second-order valence-electron chi connectivity index (χ2n) is 10.9. The lowest BCUT2D eigenvalue weighted by Crippen LogP contribution is -2.75. The van der Waals surface area contributed by atoms with Crippen molar-refractivity contribution in [2.24, 2.45) is 10.4 Å². The molecule has 5 amide bonds. The summed E-state index contributed by atoms with van der Waals surface area (Å²) in [5.41, 5.74) is -1.51. The van der Waals surface area contributed by atoms with Gasteiger partial charge < -0.3 is 23.8 Å². The number of anilines is 2. The highest BCUT2D eigenvalue weighted by atomic mass is 19.1. The van der Waals surface area contributed by atoms with Gasteiger partial charge in [0.15, 0.2) is 17.1 Å². The van der Waals surface area contributed by atoms with Gasteiger partial charge in [0, 0.05) is 32.4 Å². The first kappa shape index (κ1) is 25.4. The largest absolute Gasteiger partial charge is 0.447 e. The molecule has 15 heteroatoms. The number of fused-ring (bicyclic) bond motifs is 5. The van der Waals surface area contributed by atoms with Gasteiger partial charge in [-0.3, -0.25) is 25.2 Å². The number of rotatable bonds is 2. The molecule has 214 valence electrons. The normalized spacial score (nSPS) is 30.4. The van der Waals surface area contributed by atoms with E-state index in [0.717, 1.165) is 0 Å². The molecule has 1 spiro atoms. The lowest BCUT2D eigenvalue weighted by atomic mass is 9.66. The quantitative estimate of drug-likeness (QED) is 0.502. The Labute approximate surface area is 232 Å². The third kappa shape index (κ3) is 3.44. The Morgan fingerprint density at radius 1 is 1.15 bits per heavy atom. The van der Waals surface area contributed by atoms with Crippen molar-refractivity contribution in [3.63, 3.8) is 0 Å². The molecule has 5 aliphatic heterocycles. The minimum absolute atomic E-state index is 0.0174. The summed E-state index contributed by atoms with van der Waals surface area (Å²) < 4.78 is 33.3. The maximum atomic E-state index is 16.5. The zero-order valence-electron chi connectivity index (χ0n) is 22.3. The first-order valence-electron chi connectivity index (χ1n) is 13.2. The molecule has 14 nitrogen and oxygen atoms in total. The van der Waals surface area contributed by atoms with Crippen molar-refractivity contribution in [3.8, 4) is 0 Å². The number of aliphatic imine (C=N–C) groups is 1. The molecule has 5 atom stereocenters. The average molecular weight is 568 g/mol. The van der Waals surface area contributed by atoms with E-state index in [-0.39, 0.29) is 48.2 Å². The number of allylic oxidation sites excluding steroid dienone is 1. The van der Waals surface area contributed by atoms with E-state index in [1.54, 1.807) is 50.4 Å². The van der Waals surface area contributed by atoms with Gasteiger partial charge in [0.1, 0.15) is 18.8 Å². The summed E-state index contributed by atoms with van der Waals surface area (Å²) in [7, 11) is 1.81. The molecular weight excluding hydrogens is 541 g/mol. The maximum Gasteiger partial charge on any atom is 0.416 e. The van der Waals surface area contributed by atoms with Crippen LogP contribution in [0.25, 0.3) is 11.0 Å². The molecule has 2 unspecified atom stereocenters. The number of benzene rings is 1. The van der Waals surface area contributed by atoms with Gasteiger partial charge in [-0.25, -0.2) is 18.9 Å². The predicted octanol–water partition coefficient (Wildman–Crippen LogP) is 1.04. The third-order valence-electron chi connectivity index (χ3n) is 8.49. The minimum atomic E-state index is -1.79. The lowest BCUT2D eigenvalue weighted by molar-refractivity contribution is -0.153. The summed E-state index contributed by atoms with van der Waals surface area (Å²) >= 11 is 0. The van der Waals surface area contributed by atoms with Crippen molar-refractivity contribution in [1.82, 2.24) is 20.7 Å². The van der Waals surface area contributed by atoms with Crippen LogP contribution in [-0.4, -0.2) is 90.9 Å². The van der Waals surface area contributed by atoms with E-state index in [0.29, 0.717) is 5.56 Å². The Hall–Kier alpha value is -4.53. The van der Waals surface area contributed by atoms with E-state index < -0.39 is 59.5 Å². The summed E-state index contributed by atoms with van der Waals surface area (Å²) in [6.45, 7) is 3.70. The minimum Gasteiger partial charge on any atom is -0.447 e. The van der Waals surface area contributed by atoms with Crippen molar-refractivity contribution < 1.29 is 37.6 Å². The Morgan fingerprint density at radius 2 is 1.90 bits per heavy atom. The van der Waals surface area contributed by atoms with Crippen LogP contribution in [-0.2, 0) is 25.5 Å². The summed E-state index contributed by atoms with van der Waals surface area (Å²) in [5.74, 6) is -2.31. The van der Waals surface area contributed by atoms with Crippen LogP contribution < -0.4 is 20.4 Å². The molecule has 41 heavy (non-hydrogen) atoms. The van der Waals surface area contributed by atoms with Crippen molar-refractivity contribution in [3.05, 3.63) is 29.7 Å². The number of barbiturate groups is 1. The topological polar surface area (TPSA) is 159 Å². The molecule has 0 bridgehead atoms.